The van der Waals surface area contributed by atoms with Gasteiger partial charge in [-0.05, 0) is 12.1 Å². The van der Waals surface area contributed by atoms with E-state index < -0.39 is 10.0 Å². The molecule has 0 saturated heterocycles. The number of carbonyl (C=O) groups is 1. The Kier molecular flexibility index (Phi) is 5.61. The van der Waals surface area contributed by atoms with Crippen LogP contribution in [-0.4, -0.2) is 43.8 Å². The van der Waals surface area contributed by atoms with E-state index in [1.165, 1.54) is 19.2 Å². The normalized spacial score (nSPS) is 11.3. The predicted octanol–water partition coefficient (Wildman–Crippen LogP) is 0.0774. The average Bonchev–Trinajstić information content (AvgIpc) is 2.44. The van der Waals surface area contributed by atoms with Crippen LogP contribution >= 0.6 is 12.2 Å². The van der Waals surface area contributed by atoms with Crippen molar-refractivity contribution in [3.63, 3.8) is 0 Å². The van der Waals surface area contributed by atoms with Gasteiger partial charge in [-0.2, -0.15) is 4.31 Å². The molecule has 0 spiro atoms. The number of nitrogens with one attached hydrogen (secondary N) is 1. The van der Waals surface area contributed by atoms with Crippen molar-refractivity contribution < 1.29 is 13.2 Å². The number of nitrogens with two attached hydrogens (primary N) is 1. The van der Waals surface area contributed by atoms with E-state index in [4.69, 9.17) is 18.0 Å². The van der Waals surface area contributed by atoms with E-state index in [0.717, 1.165) is 4.31 Å². The van der Waals surface area contributed by atoms with Gasteiger partial charge < -0.3 is 11.1 Å². The van der Waals surface area contributed by atoms with Crippen LogP contribution in [0.3, 0.4) is 0 Å². The first-order chi connectivity index (χ1) is 9.32. The molecule has 0 atom stereocenters. The summed E-state index contributed by atoms with van der Waals surface area (Å²) >= 11 is 4.81. The van der Waals surface area contributed by atoms with Crippen molar-refractivity contribution in [3.05, 3.63) is 29.8 Å². The second-order valence-corrected chi connectivity index (χ2v) is 6.37. The van der Waals surface area contributed by atoms with E-state index >= 15 is 0 Å². The van der Waals surface area contributed by atoms with Crippen molar-refractivity contribution in [2.24, 2.45) is 5.73 Å². The fourth-order valence-electron chi connectivity index (χ4n) is 1.55. The van der Waals surface area contributed by atoms with E-state index in [2.05, 4.69) is 5.32 Å². The van der Waals surface area contributed by atoms with Gasteiger partial charge in [-0.15, -0.1) is 0 Å². The molecule has 6 nitrogen and oxygen atoms in total. The first kappa shape index (κ1) is 16.5. The van der Waals surface area contributed by atoms with Crippen molar-refractivity contribution in [1.29, 1.82) is 0 Å². The molecule has 1 rings (SSSR count). The van der Waals surface area contributed by atoms with Gasteiger partial charge in [-0.1, -0.05) is 31.3 Å². The number of thiocarbonyl (C=S) groups is 1. The molecule has 0 aliphatic carbocycles. The maximum absolute atomic E-state index is 12.4. The lowest BCUT2D eigenvalue weighted by molar-refractivity contribution is -0.120. The van der Waals surface area contributed by atoms with Gasteiger partial charge in [0.05, 0.1) is 11.4 Å². The fraction of sp³-hybridized carbons (Fsp3) is 0.333. The van der Waals surface area contributed by atoms with Gasteiger partial charge in [0.15, 0.2) is 0 Å². The Morgan fingerprint density at radius 3 is 2.30 bits per heavy atom. The highest BCUT2D eigenvalue weighted by molar-refractivity contribution is 7.89. The van der Waals surface area contributed by atoms with Crippen LogP contribution in [0.5, 0.6) is 0 Å². The zero-order chi connectivity index (χ0) is 15.3. The minimum Gasteiger partial charge on any atom is -0.389 e. The highest BCUT2D eigenvalue weighted by Gasteiger charge is 2.24. The summed E-state index contributed by atoms with van der Waals surface area (Å²) in [7, 11) is -2.25. The molecule has 1 aromatic rings. The quantitative estimate of drug-likeness (QED) is 0.725. The first-order valence-corrected chi connectivity index (χ1v) is 7.78. The van der Waals surface area contributed by atoms with Crippen LogP contribution in [0.2, 0.25) is 0 Å². The summed E-state index contributed by atoms with van der Waals surface area (Å²) in [5.41, 5.74) is 6.05. The molecule has 0 unspecified atom stereocenters. The topological polar surface area (TPSA) is 92.5 Å². The lowest BCUT2D eigenvalue weighted by atomic mass is 10.2. The molecule has 0 saturated carbocycles. The molecule has 0 fully saturated rings. The number of sulfonamides is 1. The highest BCUT2D eigenvalue weighted by atomic mass is 32.2. The summed E-state index contributed by atoms with van der Waals surface area (Å²) in [6.07, 6.45) is 0. The number of benzene rings is 1. The van der Waals surface area contributed by atoms with Gasteiger partial charge >= 0.3 is 0 Å². The molecular weight excluding hydrogens is 298 g/mol. The second kappa shape index (κ2) is 6.78. The van der Waals surface area contributed by atoms with Crippen molar-refractivity contribution in [3.8, 4) is 0 Å². The van der Waals surface area contributed by atoms with Gasteiger partial charge in [0.2, 0.25) is 15.9 Å². The number of carbonyl (C=O) groups excluding carboxylic acids is 1. The van der Waals surface area contributed by atoms with Crippen molar-refractivity contribution in [1.82, 2.24) is 9.62 Å². The maximum Gasteiger partial charge on any atom is 0.243 e. The smallest absolute Gasteiger partial charge is 0.243 e. The van der Waals surface area contributed by atoms with Gasteiger partial charge in [-0.25, -0.2) is 8.42 Å². The molecule has 0 heterocycles. The number of rotatable bonds is 6. The van der Waals surface area contributed by atoms with Gasteiger partial charge in [0, 0.05) is 19.2 Å². The van der Waals surface area contributed by atoms with Gasteiger partial charge in [-0.3, -0.25) is 4.79 Å². The van der Waals surface area contributed by atoms with Crippen molar-refractivity contribution in [2.75, 3.05) is 20.1 Å². The van der Waals surface area contributed by atoms with Crippen LogP contribution in [0, 0.1) is 0 Å². The third-order valence-electron chi connectivity index (χ3n) is 2.73. The minimum atomic E-state index is -3.71. The van der Waals surface area contributed by atoms with E-state index in [9.17, 15) is 13.2 Å². The monoisotopic (exact) mass is 315 g/mol. The van der Waals surface area contributed by atoms with Gasteiger partial charge in [0.1, 0.15) is 4.99 Å². The summed E-state index contributed by atoms with van der Waals surface area (Å²) in [4.78, 5) is 11.7. The SMILES string of the molecule is CCN(CC(=O)NC)S(=O)(=O)c1ccc(C(N)=S)cc1. The lowest BCUT2D eigenvalue weighted by Gasteiger charge is -2.19. The van der Waals surface area contributed by atoms with E-state index in [1.807, 2.05) is 0 Å². The number of amides is 1. The molecule has 0 radical (unpaired) electrons. The average molecular weight is 315 g/mol. The molecule has 1 amide bonds. The molecule has 3 N–H and O–H groups in total. The van der Waals surface area contributed by atoms with Crippen LogP contribution in [0.4, 0.5) is 0 Å². The summed E-state index contributed by atoms with van der Waals surface area (Å²) in [5.74, 6) is -0.366. The number of nitrogens with zero attached hydrogens (tertiary/aromatic N) is 1. The van der Waals surface area contributed by atoms with Gasteiger partial charge in [0.25, 0.3) is 0 Å². The summed E-state index contributed by atoms with van der Waals surface area (Å²) in [6, 6.07) is 5.94. The Balaban J connectivity index is 3.07. The van der Waals surface area contributed by atoms with Crippen LogP contribution in [0.15, 0.2) is 29.2 Å². The maximum atomic E-state index is 12.4. The third-order valence-corrected chi connectivity index (χ3v) is 4.90. The minimum absolute atomic E-state index is 0.100. The largest absolute Gasteiger partial charge is 0.389 e. The molecule has 8 heteroatoms. The number of hydrogen-bond donors (Lipinski definition) is 2. The van der Waals surface area contributed by atoms with E-state index in [1.54, 1.807) is 19.1 Å². The van der Waals surface area contributed by atoms with Crippen LogP contribution in [0.1, 0.15) is 12.5 Å². The molecule has 0 aromatic heterocycles. The molecule has 0 aliphatic heterocycles. The Hall–Kier alpha value is -1.51. The van der Waals surface area contributed by atoms with Crippen LogP contribution in [-0.2, 0) is 14.8 Å². The molecule has 0 bridgehead atoms. The summed E-state index contributed by atoms with van der Waals surface area (Å²) < 4.78 is 25.9. The molecule has 1 aromatic carbocycles. The molecule has 110 valence electrons. The fourth-order valence-corrected chi connectivity index (χ4v) is 3.09. The van der Waals surface area contributed by atoms with Crippen molar-refractivity contribution >= 4 is 33.1 Å². The lowest BCUT2D eigenvalue weighted by Crippen LogP contribution is -2.39. The van der Waals surface area contributed by atoms with E-state index in [0.29, 0.717) is 5.56 Å². The Bertz CT molecular complexity index is 597. The predicted molar refractivity (Wildman–Crippen MR) is 80.8 cm³/mol. The standard InChI is InChI=1S/C12H17N3O3S2/c1-3-15(8-11(16)14-2)20(17,18)10-6-4-9(5-7-10)12(13)19/h4-7H,3,8H2,1-2H3,(H2,13,19)(H,14,16). The Labute approximate surface area is 124 Å². The van der Waals surface area contributed by atoms with Crippen LogP contribution < -0.4 is 11.1 Å². The highest BCUT2D eigenvalue weighted by Crippen LogP contribution is 2.16. The summed E-state index contributed by atoms with van der Waals surface area (Å²) in [5, 5.41) is 2.40. The third kappa shape index (κ3) is 3.75. The molecule has 0 aliphatic rings. The molecular formula is C12H17N3O3S2. The number of hydrogen-bond acceptors (Lipinski definition) is 4. The Morgan fingerprint density at radius 2 is 1.90 bits per heavy atom. The number of likely N-dealkylation sites (N-methyl/N-ethyl adjacent to an activating group) is 2. The molecule has 20 heavy (non-hydrogen) atoms. The summed E-state index contributed by atoms with van der Waals surface area (Å²) in [6.45, 7) is 1.66. The van der Waals surface area contributed by atoms with Crippen molar-refractivity contribution in [2.45, 2.75) is 11.8 Å². The van der Waals surface area contributed by atoms with E-state index in [-0.39, 0.29) is 28.9 Å². The zero-order valence-electron chi connectivity index (χ0n) is 11.3. The second-order valence-electron chi connectivity index (χ2n) is 3.99. The Morgan fingerprint density at radius 1 is 1.35 bits per heavy atom. The zero-order valence-corrected chi connectivity index (χ0v) is 12.9. The van der Waals surface area contributed by atoms with Crippen LogP contribution in [0.25, 0.3) is 0 Å². The first-order valence-electron chi connectivity index (χ1n) is 5.93.